The van der Waals surface area contributed by atoms with Gasteiger partial charge in [-0.25, -0.2) is 25.9 Å². The Kier molecular flexibility index (Phi) is 5.85. The van der Waals surface area contributed by atoms with Gasteiger partial charge in [-0.2, -0.15) is 0 Å². The highest BCUT2D eigenvalue weighted by molar-refractivity contribution is 7.91. The summed E-state index contributed by atoms with van der Waals surface area (Å²) in [5.41, 5.74) is 0. The lowest BCUT2D eigenvalue weighted by atomic mass is 10.2. The van der Waals surface area contributed by atoms with Crippen molar-refractivity contribution in [3.8, 4) is 0 Å². The van der Waals surface area contributed by atoms with E-state index in [1.807, 2.05) is 0 Å². The van der Waals surface area contributed by atoms with Gasteiger partial charge in [0.1, 0.15) is 10.7 Å². The van der Waals surface area contributed by atoms with Crippen LogP contribution in [0.4, 0.5) is 4.39 Å². The number of hydrogen-bond acceptors (Lipinski definition) is 5. The van der Waals surface area contributed by atoms with Gasteiger partial charge in [0, 0.05) is 26.5 Å². The normalized spacial score (nSPS) is 14.1. The predicted molar refractivity (Wildman–Crippen MR) is 75.7 cm³/mol. The summed E-state index contributed by atoms with van der Waals surface area (Å²) < 4.78 is 67.7. The number of hydrogen-bond donors (Lipinski definition) is 1. The zero-order chi connectivity index (χ0) is 16.3. The average Bonchev–Trinajstić information content (AvgIpc) is 2.36. The number of benzene rings is 1. The van der Waals surface area contributed by atoms with Gasteiger partial charge in [-0.05, 0) is 24.1 Å². The summed E-state index contributed by atoms with van der Waals surface area (Å²) in [6.45, 7) is 2.16. The molecule has 9 heteroatoms. The topological polar surface area (TPSA) is 89.5 Å². The number of rotatable bonds is 7. The molecular formula is C12H18FNO5S2. The van der Waals surface area contributed by atoms with Crippen molar-refractivity contribution in [3.63, 3.8) is 0 Å². The van der Waals surface area contributed by atoms with E-state index in [0.717, 1.165) is 24.5 Å². The van der Waals surface area contributed by atoms with Crippen molar-refractivity contribution >= 4 is 19.9 Å². The number of nitrogens with one attached hydrogen (secondary N) is 1. The molecule has 0 aromatic heterocycles. The van der Waals surface area contributed by atoms with Crippen molar-refractivity contribution in [1.29, 1.82) is 0 Å². The minimum atomic E-state index is -4.13. The van der Waals surface area contributed by atoms with Gasteiger partial charge in [-0.1, -0.05) is 6.92 Å². The average molecular weight is 339 g/mol. The molecule has 1 N–H and O–H groups in total. The minimum Gasteiger partial charge on any atom is -0.384 e. The van der Waals surface area contributed by atoms with E-state index < -0.39 is 30.6 Å². The van der Waals surface area contributed by atoms with E-state index in [9.17, 15) is 21.2 Å². The molecule has 0 radical (unpaired) electrons. The summed E-state index contributed by atoms with van der Waals surface area (Å²) in [7, 11) is -6.27. The first-order chi connectivity index (χ1) is 9.58. The van der Waals surface area contributed by atoms with E-state index in [0.29, 0.717) is 6.61 Å². The maximum Gasteiger partial charge on any atom is 0.243 e. The Morgan fingerprint density at radius 2 is 1.90 bits per heavy atom. The molecule has 6 nitrogen and oxygen atoms in total. The van der Waals surface area contributed by atoms with E-state index in [2.05, 4.69) is 4.72 Å². The monoisotopic (exact) mass is 339 g/mol. The number of sulfonamides is 1. The van der Waals surface area contributed by atoms with Crippen LogP contribution in [-0.2, 0) is 24.6 Å². The van der Waals surface area contributed by atoms with Crippen LogP contribution in [0.3, 0.4) is 0 Å². The van der Waals surface area contributed by atoms with Gasteiger partial charge in [-0.3, -0.25) is 0 Å². The molecule has 0 heterocycles. The van der Waals surface area contributed by atoms with Crippen LogP contribution in [0.2, 0.25) is 0 Å². The SMILES string of the molecule is COCC(C)CNS(=O)(=O)c1cc(S(C)(=O)=O)ccc1F. The number of halogens is 1. The van der Waals surface area contributed by atoms with E-state index >= 15 is 0 Å². The first-order valence-corrected chi connectivity index (χ1v) is 9.43. The summed E-state index contributed by atoms with van der Waals surface area (Å²) in [6, 6.07) is 2.66. The van der Waals surface area contributed by atoms with Gasteiger partial charge in [-0.15, -0.1) is 0 Å². The third-order valence-corrected chi connectivity index (χ3v) is 5.24. The Balaban J connectivity index is 3.08. The van der Waals surface area contributed by atoms with Crippen molar-refractivity contribution < 1.29 is 26.0 Å². The fourth-order valence-corrected chi connectivity index (χ4v) is 3.58. The maximum absolute atomic E-state index is 13.7. The van der Waals surface area contributed by atoms with Crippen LogP contribution in [0.1, 0.15) is 6.92 Å². The Morgan fingerprint density at radius 3 is 2.43 bits per heavy atom. The molecule has 120 valence electrons. The molecular weight excluding hydrogens is 321 g/mol. The molecule has 1 rings (SSSR count). The van der Waals surface area contributed by atoms with E-state index in [1.165, 1.54) is 7.11 Å². The van der Waals surface area contributed by atoms with Crippen LogP contribution < -0.4 is 4.72 Å². The quantitative estimate of drug-likeness (QED) is 0.742. The zero-order valence-corrected chi connectivity index (χ0v) is 13.6. The van der Waals surface area contributed by atoms with Gasteiger partial charge in [0.25, 0.3) is 0 Å². The van der Waals surface area contributed by atoms with E-state index in [4.69, 9.17) is 4.74 Å². The third-order valence-electron chi connectivity index (χ3n) is 2.69. The molecule has 0 saturated carbocycles. The predicted octanol–water partition coefficient (Wildman–Crippen LogP) is 0.790. The lowest BCUT2D eigenvalue weighted by Gasteiger charge is -2.13. The van der Waals surface area contributed by atoms with Crippen LogP contribution in [-0.4, -0.2) is 43.4 Å². The summed E-state index contributed by atoms with van der Waals surface area (Å²) >= 11 is 0. The fourth-order valence-electron chi connectivity index (χ4n) is 1.59. The lowest BCUT2D eigenvalue weighted by molar-refractivity contribution is 0.161. The standard InChI is InChI=1S/C12H18FNO5S2/c1-9(8-19-2)7-14-21(17,18)12-6-10(20(3,15)16)4-5-11(12)13/h4-6,9,14H,7-8H2,1-3H3. The van der Waals surface area contributed by atoms with Gasteiger partial charge < -0.3 is 4.74 Å². The largest absolute Gasteiger partial charge is 0.384 e. The van der Waals surface area contributed by atoms with Crippen molar-refractivity contribution in [3.05, 3.63) is 24.0 Å². The second-order valence-corrected chi connectivity index (χ2v) is 8.53. The Bertz CT molecular complexity index is 700. The Morgan fingerprint density at radius 1 is 1.29 bits per heavy atom. The van der Waals surface area contributed by atoms with Crippen molar-refractivity contribution in [2.24, 2.45) is 5.92 Å². The highest BCUT2D eigenvalue weighted by atomic mass is 32.2. The molecule has 0 spiro atoms. The highest BCUT2D eigenvalue weighted by Crippen LogP contribution is 2.19. The molecule has 0 fully saturated rings. The van der Waals surface area contributed by atoms with Gasteiger partial charge in [0.2, 0.25) is 10.0 Å². The smallest absolute Gasteiger partial charge is 0.243 e. The molecule has 0 saturated heterocycles. The summed E-state index contributed by atoms with van der Waals surface area (Å²) in [5.74, 6) is -1.11. The van der Waals surface area contributed by atoms with Crippen LogP contribution in [0.25, 0.3) is 0 Å². The molecule has 0 aliphatic carbocycles. The molecule has 0 aliphatic heterocycles. The molecule has 0 aliphatic rings. The van der Waals surface area contributed by atoms with Crippen molar-refractivity contribution in [2.45, 2.75) is 16.7 Å². The van der Waals surface area contributed by atoms with Crippen LogP contribution in [0, 0.1) is 11.7 Å². The second-order valence-electron chi connectivity index (χ2n) is 4.78. The van der Waals surface area contributed by atoms with Crippen LogP contribution in [0.15, 0.2) is 28.0 Å². The molecule has 21 heavy (non-hydrogen) atoms. The van der Waals surface area contributed by atoms with Gasteiger partial charge in [0.15, 0.2) is 9.84 Å². The molecule has 1 aromatic rings. The molecule has 1 atom stereocenters. The molecule has 0 amide bonds. The lowest BCUT2D eigenvalue weighted by Crippen LogP contribution is -2.30. The van der Waals surface area contributed by atoms with E-state index in [1.54, 1.807) is 6.92 Å². The van der Waals surface area contributed by atoms with Gasteiger partial charge >= 0.3 is 0 Å². The molecule has 1 aromatic carbocycles. The zero-order valence-electron chi connectivity index (χ0n) is 12.0. The van der Waals surface area contributed by atoms with Crippen LogP contribution in [0.5, 0.6) is 0 Å². The minimum absolute atomic E-state index is 0.0543. The first-order valence-electron chi connectivity index (χ1n) is 6.06. The first kappa shape index (κ1) is 18.0. The van der Waals surface area contributed by atoms with Gasteiger partial charge in [0.05, 0.1) is 4.90 Å². The van der Waals surface area contributed by atoms with Crippen molar-refractivity contribution in [2.75, 3.05) is 26.5 Å². The fraction of sp³-hybridized carbons (Fsp3) is 0.500. The number of methoxy groups -OCH3 is 1. The molecule has 0 bridgehead atoms. The maximum atomic E-state index is 13.7. The van der Waals surface area contributed by atoms with E-state index in [-0.39, 0.29) is 17.4 Å². The summed E-state index contributed by atoms with van der Waals surface area (Å²) in [5, 5.41) is 0. The number of sulfone groups is 1. The summed E-state index contributed by atoms with van der Waals surface area (Å²) in [4.78, 5) is -0.941. The molecule has 1 unspecified atom stereocenters. The third kappa shape index (κ3) is 5.03. The van der Waals surface area contributed by atoms with Crippen LogP contribution >= 0.6 is 0 Å². The second kappa shape index (κ2) is 6.82. The Hall–Kier alpha value is -1.03. The Labute approximate surface area is 124 Å². The number of ether oxygens (including phenoxy) is 1. The summed E-state index contributed by atoms with van der Waals surface area (Å²) in [6.07, 6.45) is 0.921. The van der Waals surface area contributed by atoms with Crippen molar-refractivity contribution in [1.82, 2.24) is 4.72 Å². The highest BCUT2D eigenvalue weighted by Gasteiger charge is 2.22.